The van der Waals surface area contributed by atoms with Gasteiger partial charge in [0.05, 0.1) is 3.79 Å². The molecule has 1 heterocycles. The molecule has 1 rings (SSSR count). The minimum Gasteiger partial charge on any atom is -0.477 e. The van der Waals surface area contributed by atoms with Gasteiger partial charge in [0.1, 0.15) is 9.77 Å². The summed E-state index contributed by atoms with van der Waals surface area (Å²) in [4.78, 5) is 10.9. The van der Waals surface area contributed by atoms with Crippen LogP contribution in [0, 0.1) is 5.92 Å². The zero-order valence-electron chi connectivity index (χ0n) is 11.0. The van der Waals surface area contributed by atoms with Gasteiger partial charge in [-0.15, -0.1) is 11.3 Å². The number of thiophene rings is 1. The third-order valence-corrected chi connectivity index (χ3v) is 7.25. The van der Waals surface area contributed by atoms with E-state index in [-0.39, 0.29) is 21.7 Å². The van der Waals surface area contributed by atoms with E-state index in [1.54, 1.807) is 0 Å². The summed E-state index contributed by atoms with van der Waals surface area (Å²) in [5.41, 5.74) is 0. The minimum absolute atomic E-state index is 0.00366. The van der Waals surface area contributed by atoms with Gasteiger partial charge in [0.2, 0.25) is 10.0 Å². The highest BCUT2D eigenvalue weighted by Crippen LogP contribution is 2.34. The smallest absolute Gasteiger partial charge is 0.345 e. The normalized spacial score (nSPS) is 14.1. The monoisotopic (exact) mass is 369 g/mol. The van der Waals surface area contributed by atoms with Gasteiger partial charge in [-0.1, -0.05) is 13.8 Å². The lowest BCUT2D eigenvalue weighted by Gasteiger charge is -2.26. The molecule has 0 spiro atoms. The van der Waals surface area contributed by atoms with Crippen molar-refractivity contribution in [2.75, 3.05) is 7.05 Å². The second-order valence-electron chi connectivity index (χ2n) is 4.56. The Kier molecular flexibility index (Phi) is 5.16. The van der Waals surface area contributed by atoms with Crippen molar-refractivity contribution in [3.63, 3.8) is 0 Å². The summed E-state index contributed by atoms with van der Waals surface area (Å²) in [6, 6.07) is 1.01. The maximum absolute atomic E-state index is 12.4. The maximum Gasteiger partial charge on any atom is 0.345 e. The Morgan fingerprint density at radius 1 is 1.42 bits per heavy atom. The quantitative estimate of drug-likeness (QED) is 0.865. The third-order valence-electron chi connectivity index (χ3n) is 3.06. The van der Waals surface area contributed by atoms with E-state index in [0.717, 1.165) is 11.3 Å². The molecule has 108 valence electrons. The number of carboxylic acid groups (broad SMARTS) is 1. The predicted molar refractivity (Wildman–Crippen MR) is 78.2 cm³/mol. The van der Waals surface area contributed by atoms with Crippen molar-refractivity contribution < 1.29 is 18.3 Å². The van der Waals surface area contributed by atoms with Crippen LogP contribution in [0.4, 0.5) is 0 Å². The van der Waals surface area contributed by atoms with Gasteiger partial charge in [0, 0.05) is 13.1 Å². The van der Waals surface area contributed by atoms with E-state index >= 15 is 0 Å². The fraction of sp³-hybridized carbons (Fsp3) is 0.545. The molecule has 0 bridgehead atoms. The number of hydrogen-bond donors (Lipinski definition) is 1. The van der Waals surface area contributed by atoms with Crippen molar-refractivity contribution in [1.29, 1.82) is 0 Å². The average Bonchev–Trinajstić information content (AvgIpc) is 2.69. The molecule has 0 aliphatic rings. The van der Waals surface area contributed by atoms with Crippen molar-refractivity contribution in [2.45, 2.75) is 31.7 Å². The largest absolute Gasteiger partial charge is 0.477 e. The van der Waals surface area contributed by atoms with Gasteiger partial charge in [-0.05, 0) is 34.8 Å². The highest BCUT2D eigenvalue weighted by Gasteiger charge is 2.31. The molecule has 0 saturated heterocycles. The van der Waals surface area contributed by atoms with E-state index in [0.29, 0.717) is 3.79 Å². The summed E-state index contributed by atoms with van der Waals surface area (Å²) in [7, 11) is -2.19. The number of carbonyl (C=O) groups is 1. The first-order valence-electron chi connectivity index (χ1n) is 5.59. The van der Waals surface area contributed by atoms with E-state index in [1.165, 1.54) is 17.4 Å². The molecule has 1 aromatic heterocycles. The molecular formula is C11H16BrNO4S2. The van der Waals surface area contributed by atoms with Crippen molar-refractivity contribution in [3.8, 4) is 0 Å². The zero-order valence-corrected chi connectivity index (χ0v) is 14.3. The van der Waals surface area contributed by atoms with E-state index in [1.807, 2.05) is 20.8 Å². The SMILES string of the molecule is CC(C)C(C)N(C)S(=O)(=O)c1cc(C(=O)O)sc1Br. The van der Waals surface area contributed by atoms with Crippen LogP contribution in [-0.2, 0) is 10.0 Å². The van der Waals surface area contributed by atoms with Gasteiger partial charge in [0.25, 0.3) is 0 Å². The third kappa shape index (κ3) is 3.36. The molecule has 19 heavy (non-hydrogen) atoms. The lowest BCUT2D eigenvalue weighted by Crippen LogP contribution is -2.38. The van der Waals surface area contributed by atoms with Crippen LogP contribution in [0.3, 0.4) is 0 Å². The maximum atomic E-state index is 12.4. The molecule has 1 unspecified atom stereocenters. The Hall–Kier alpha value is -0.440. The highest BCUT2D eigenvalue weighted by atomic mass is 79.9. The van der Waals surface area contributed by atoms with E-state index < -0.39 is 16.0 Å². The fourth-order valence-electron chi connectivity index (χ4n) is 1.43. The summed E-state index contributed by atoms with van der Waals surface area (Å²) in [5, 5.41) is 8.91. The van der Waals surface area contributed by atoms with E-state index in [2.05, 4.69) is 15.9 Å². The van der Waals surface area contributed by atoms with Crippen LogP contribution in [0.25, 0.3) is 0 Å². The zero-order chi connectivity index (χ0) is 15.0. The molecule has 0 fully saturated rings. The van der Waals surface area contributed by atoms with Gasteiger partial charge in [-0.2, -0.15) is 4.31 Å². The Morgan fingerprint density at radius 3 is 2.32 bits per heavy atom. The first-order chi connectivity index (χ1) is 8.59. The van der Waals surface area contributed by atoms with Crippen molar-refractivity contribution in [1.82, 2.24) is 4.31 Å². The van der Waals surface area contributed by atoms with Crippen LogP contribution in [0.2, 0.25) is 0 Å². The molecule has 1 N–H and O–H groups in total. The molecule has 0 radical (unpaired) electrons. The molecular weight excluding hydrogens is 354 g/mol. The second-order valence-corrected chi connectivity index (χ2v) is 8.90. The van der Waals surface area contributed by atoms with Crippen LogP contribution >= 0.6 is 27.3 Å². The number of hydrogen-bond acceptors (Lipinski definition) is 4. The number of sulfonamides is 1. The minimum atomic E-state index is -3.69. The standard InChI is InChI=1S/C11H16BrNO4S2/c1-6(2)7(3)13(4)19(16,17)9-5-8(11(14)15)18-10(9)12/h5-7H,1-4H3,(H,14,15). The van der Waals surface area contributed by atoms with Gasteiger partial charge in [-0.3, -0.25) is 0 Å². The molecule has 0 aromatic carbocycles. The Labute approximate surface area is 125 Å². The molecule has 1 aromatic rings. The number of nitrogens with zero attached hydrogens (tertiary/aromatic N) is 1. The summed E-state index contributed by atoms with van der Waals surface area (Å²) in [6.07, 6.45) is 0. The summed E-state index contributed by atoms with van der Waals surface area (Å²) < 4.78 is 26.5. The summed E-state index contributed by atoms with van der Waals surface area (Å²) in [6.45, 7) is 5.69. The molecule has 1 atom stereocenters. The lowest BCUT2D eigenvalue weighted by atomic mass is 10.1. The molecule has 0 amide bonds. The molecule has 0 saturated carbocycles. The lowest BCUT2D eigenvalue weighted by molar-refractivity contribution is 0.0702. The van der Waals surface area contributed by atoms with Gasteiger partial charge in [0.15, 0.2) is 0 Å². The molecule has 8 heteroatoms. The highest BCUT2D eigenvalue weighted by molar-refractivity contribution is 9.11. The van der Waals surface area contributed by atoms with Crippen molar-refractivity contribution >= 4 is 43.3 Å². The van der Waals surface area contributed by atoms with Crippen molar-refractivity contribution in [2.24, 2.45) is 5.92 Å². The van der Waals surface area contributed by atoms with Gasteiger partial charge < -0.3 is 5.11 Å². The van der Waals surface area contributed by atoms with Crippen LogP contribution in [0.5, 0.6) is 0 Å². The van der Waals surface area contributed by atoms with Crippen LogP contribution in [0.1, 0.15) is 30.4 Å². The van der Waals surface area contributed by atoms with Crippen LogP contribution in [0.15, 0.2) is 14.7 Å². The van der Waals surface area contributed by atoms with Crippen molar-refractivity contribution in [3.05, 3.63) is 14.7 Å². The fourth-order valence-corrected chi connectivity index (χ4v) is 5.27. The van der Waals surface area contributed by atoms with Gasteiger partial charge >= 0.3 is 5.97 Å². The first-order valence-corrected chi connectivity index (χ1v) is 8.64. The van der Waals surface area contributed by atoms with E-state index in [9.17, 15) is 13.2 Å². The molecule has 0 aliphatic carbocycles. The number of carboxylic acids is 1. The number of aromatic carboxylic acids is 1. The summed E-state index contributed by atoms with van der Waals surface area (Å²) in [5.74, 6) is -0.970. The molecule has 5 nitrogen and oxygen atoms in total. The number of halogens is 1. The topological polar surface area (TPSA) is 74.7 Å². The summed E-state index contributed by atoms with van der Waals surface area (Å²) >= 11 is 4.02. The predicted octanol–water partition coefficient (Wildman–Crippen LogP) is 2.87. The number of rotatable bonds is 5. The van der Waals surface area contributed by atoms with Gasteiger partial charge in [-0.25, -0.2) is 13.2 Å². The Bertz CT molecular complexity index is 580. The van der Waals surface area contributed by atoms with Crippen LogP contribution < -0.4 is 0 Å². The van der Waals surface area contributed by atoms with Crippen LogP contribution in [-0.4, -0.2) is 36.9 Å². The van der Waals surface area contributed by atoms with E-state index in [4.69, 9.17) is 5.11 Å². The molecule has 0 aliphatic heterocycles. The Balaban J connectivity index is 3.24. The average molecular weight is 370 g/mol. The Morgan fingerprint density at radius 2 is 1.95 bits per heavy atom. The first kappa shape index (κ1) is 16.6. The second kappa shape index (κ2) is 5.90.